The van der Waals surface area contributed by atoms with Crippen LogP contribution in [-0.4, -0.2) is 19.4 Å². The molecular formula is C11H10N6. The minimum atomic E-state index is 0.192. The average Bonchev–Trinajstić information content (AvgIpc) is 2.79. The third-order valence-corrected chi connectivity index (χ3v) is 2.56. The Labute approximate surface area is 96.4 Å². The summed E-state index contributed by atoms with van der Waals surface area (Å²) in [4.78, 5) is 4.20. The molecule has 0 atom stereocenters. The lowest BCUT2D eigenvalue weighted by Gasteiger charge is -2.02. The van der Waals surface area contributed by atoms with Crippen LogP contribution in [-0.2, 0) is 0 Å². The second-order valence-corrected chi connectivity index (χ2v) is 3.63. The van der Waals surface area contributed by atoms with Gasteiger partial charge in [-0.05, 0) is 12.1 Å². The Morgan fingerprint density at radius 2 is 1.94 bits per heavy atom. The zero-order chi connectivity index (χ0) is 11.8. The van der Waals surface area contributed by atoms with E-state index in [1.54, 1.807) is 10.9 Å². The summed E-state index contributed by atoms with van der Waals surface area (Å²) >= 11 is 0. The van der Waals surface area contributed by atoms with Gasteiger partial charge in [-0.1, -0.05) is 18.2 Å². The highest BCUT2D eigenvalue weighted by Crippen LogP contribution is 2.12. The van der Waals surface area contributed by atoms with Gasteiger partial charge in [0.2, 0.25) is 0 Å². The minimum Gasteiger partial charge on any atom is -0.336 e. The third kappa shape index (κ3) is 1.38. The first kappa shape index (κ1) is 9.59. The van der Waals surface area contributed by atoms with E-state index in [1.807, 2.05) is 30.3 Å². The molecule has 0 amide bonds. The molecule has 6 heteroatoms. The molecule has 2 heterocycles. The third-order valence-electron chi connectivity index (χ3n) is 2.56. The lowest BCUT2D eigenvalue weighted by atomic mass is 10.3. The molecule has 0 saturated carbocycles. The number of fused-ring (bicyclic) bond motifs is 1. The van der Waals surface area contributed by atoms with Gasteiger partial charge < -0.3 is 5.84 Å². The summed E-state index contributed by atoms with van der Waals surface area (Å²) in [6, 6.07) is 9.65. The molecule has 1 aromatic carbocycles. The van der Waals surface area contributed by atoms with E-state index < -0.39 is 0 Å². The maximum absolute atomic E-state index is 7.81. The first-order chi connectivity index (χ1) is 8.27. The van der Waals surface area contributed by atoms with E-state index in [1.165, 1.54) is 11.0 Å². The fourth-order valence-electron chi connectivity index (χ4n) is 1.71. The predicted octanol–water partition coefficient (Wildman–Crippen LogP) is 0.415. The number of hydrogen-bond acceptors (Lipinski definition) is 4. The van der Waals surface area contributed by atoms with Crippen LogP contribution < -0.4 is 11.3 Å². The van der Waals surface area contributed by atoms with E-state index in [4.69, 9.17) is 11.3 Å². The molecule has 0 unspecified atom stereocenters. The Bertz CT molecular complexity index is 725. The van der Waals surface area contributed by atoms with Gasteiger partial charge >= 0.3 is 0 Å². The smallest absolute Gasteiger partial charge is 0.168 e. The number of nitrogens with zero attached hydrogens (tertiary/aromatic N) is 4. The Balaban J connectivity index is 2.34. The summed E-state index contributed by atoms with van der Waals surface area (Å²) in [7, 11) is 0. The summed E-state index contributed by atoms with van der Waals surface area (Å²) in [5.74, 6) is 5.56. The van der Waals surface area contributed by atoms with Gasteiger partial charge in [-0.25, -0.2) is 14.3 Å². The molecule has 0 saturated heterocycles. The highest BCUT2D eigenvalue weighted by Gasteiger charge is 2.07. The van der Waals surface area contributed by atoms with E-state index in [-0.39, 0.29) is 5.49 Å². The van der Waals surface area contributed by atoms with Crippen molar-refractivity contribution in [1.82, 2.24) is 19.4 Å². The fourth-order valence-corrected chi connectivity index (χ4v) is 1.71. The number of rotatable bonds is 1. The van der Waals surface area contributed by atoms with Gasteiger partial charge in [0.25, 0.3) is 0 Å². The highest BCUT2D eigenvalue weighted by atomic mass is 15.3. The molecule has 0 aliphatic rings. The van der Waals surface area contributed by atoms with Gasteiger partial charge in [0.05, 0.1) is 17.3 Å². The maximum atomic E-state index is 7.81. The van der Waals surface area contributed by atoms with Crippen molar-refractivity contribution in [2.24, 2.45) is 0 Å². The zero-order valence-corrected chi connectivity index (χ0v) is 8.91. The number of nitrogens with two attached hydrogens (primary N) is 1. The number of nitrogens with one attached hydrogen (secondary N) is 1. The second kappa shape index (κ2) is 3.44. The Morgan fingerprint density at radius 1 is 1.18 bits per heavy atom. The summed E-state index contributed by atoms with van der Waals surface area (Å²) < 4.78 is 2.85. The van der Waals surface area contributed by atoms with E-state index in [2.05, 4.69) is 10.1 Å². The van der Waals surface area contributed by atoms with Gasteiger partial charge in [0, 0.05) is 0 Å². The van der Waals surface area contributed by atoms with Crippen molar-refractivity contribution in [3.8, 4) is 5.69 Å². The lowest BCUT2D eigenvalue weighted by molar-refractivity contribution is 0.851. The molecule has 3 rings (SSSR count). The largest absolute Gasteiger partial charge is 0.336 e. The summed E-state index contributed by atoms with van der Waals surface area (Å²) in [6.45, 7) is 0. The Morgan fingerprint density at radius 3 is 2.71 bits per heavy atom. The van der Waals surface area contributed by atoms with Crippen molar-refractivity contribution < 1.29 is 0 Å². The Hall–Kier alpha value is -2.63. The van der Waals surface area contributed by atoms with Crippen molar-refractivity contribution in [2.75, 3.05) is 5.84 Å². The Kier molecular flexibility index (Phi) is 1.94. The van der Waals surface area contributed by atoms with E-state index in [9.17, 15) is 0 Å². The molecule has 2 aromatic heterocycles. The lowest BCUT2D eigenvalue weighted by Crippen LogP contribution is -2.27. The van der Waals surface area contributed by atoms with Crippen LogP contribution in [0.3, 0.4) is 0 Å². The number of benzene rings is 1. The minimum absolute atomic E-state index is 0.192. The van der Waals surface area contributed by atoms with Crippen molar-refractivity contribution in [2.45, 2.75) is 0 Å². The standard InChI is InChI=1S/C11H10N6/c12-10-9-6-15-17(8-4-2-1-3-5-8)11(9)14-7-16(10)13/h1-7,12H,13H2. The SMILES string of the molecule is N=c1c2cnn(-c3ccccc3)c2ncn1N. The predicted molar refractivity (Wildman–Crippen MR) is 62.9 cm³/mol. The number of nitrogen functional groups attached to an aromatic ring is 1. The average molecular weight is 226 g/mol. The van der Waals surface area contributed by atoms with Crippen LogP contribution in [0.15, 0.2) is 42.9 Å². The van der Waals surface area contributed by atoms with Gasteiger partial charge in [-0.3, -0.25) is 5.41 Å². The fraction of sp³-hybridized carbons (Fsp3) is 0. The first-order valence-electron chi connectivity index (χ1n) is 5.08. The molecule has 0 fully saturated rings. The summed E-state index contributed by atoms with van der Waals surface area (Å²) in [5, 5.41) is 12.7. The first-order valence-corrected chi connectivity index (χ1v) is 5.08. The highest BCUT2D eigenvalue weighted by molar-refractivity contribution is 5.74. The quantitative estimate of drug-likeness (QED) is 0.589. The maximum Gasteiger partial charge on any atom is 0.168 e. The van der Waals surface area contributed by atoms with Gasteiger partial charge in [0.15, 0.2) is 11.1 Å². The molecule has 3 aromatic rings. The van der Waals surface area contributed by atoms with Crippen molar-refractivity contribution >= 4 is 11.0 Å². The molecule has 0 aliphatic carbocycles. The van der Waals surface area contributed by atoms with Crippen LogP contribution in [0.4, 0.5) is 0 Å². The molecule has 0 spiro atoms. The molecule has 0 bridgehead atoms. The van der Waals surface area contributed by atoms with Gasteiger partial charge in [-0.2, -0.15) is 5.10 Å². The van der Waals surface area contributed by atoms with Crippen molar-refractivity contribution in [3.63, 3.8) is 0 Å². The molecule has 3 N–H and O–H groups in total. The van der Waals surface area contributed by atoms with Crippen LogP contribution in [0.1, 0.15) is 0 Å². The van der Waals surface area contributed by atoms with Gasteiger partial charge in [0.1, 0.15) is 6.33 Å². The van der Waals surface area contributed by atoms with Crippen LogP contribution in [0.25, 0.3) is 16.7 Å². The van der Waals surface area contributed by atoms with Crippen LogP contribution >= 0.6 is 0 Å². The van der Waals surface area contributed by atoms with Crippen molar-refractivity contribution in [3.05, 3.63) is 48.3 Å². The number of aromatic nitrogens is 4. The number of hydrogen-bond donors (Lipinski definition) is 2. The van der Waals surface area contributed by atoms with Crippen LogP contribution in [0.2, 0.25) is 0 Å². The summed E-state index contributed by atoms with van der Waals surface area (Å²) in [6.07, 6.45) is 3.01. The zero-order valence-electron chi connectivity index (χ0n) is 8.91. The van der Waals surface area contributed by atoms with E-state index >= 15 is 0 Å². The van der Waals surface area contributed by atoms with Crippen molar-refractivity contribution in [1.29, 1.82) is 5.41 Å². The molecular weight excluding hydrogens is 216 g/mol. The van der Waals surface area contributed by atoms with Gasteiger partial charge in [-0.15, -0.1) is 0 Å². The molecule has 84 valence electrons. The van der Waals surface area contributed by atoms with E-state index in [0.29, 0.717) is 11.0 Å². The van der Waals surface area contributed by atoms with Crippen LogP contribution in [0, 0.1) is 5.41 Å². The second-order valence-electron chi connectivity index (χ2n) is 3.63. The summed E-state index contributed by atoms with van der Waals surface area (Å²) in [5.41, 5.74) is 1.73. The molecule has 6 nitrogen and oxygen atoms in total. The topological polar surface area (TPSA) is 85.5 Å². The van der Waals surface area contributed by atoms with E-state index in [0.717, 1.165) is 5.69 Å². The van der Waals surface area contributed by atoms with Crippen LogP contribution in [0.5, 0.6) is 0 Å². The number of para-hydroxylation sites is 1. The normalized spacial score (nSPS) is 10.8. The monoisotopic (exact) mass is 226 g/mol. The molecule has 0 aliphatic heterocycles. The molecule has 17 heavy (non-hydrogen) atoms. The molecule has 0 radical (unpaired) electrons.